The second-order valence-electron chi connectivity index (χ2n) is 6.42. The van der Waals surface area contributed by atoms with Crippen LogP contribution in [-0.4, -0.2) is 55.1 Å². The van der Waals surface area contributed by atoms with Gasteiger partial charge in [-0.05, 0) is 18.2 Å². The lowest BCUT2D eigenvalue weighted by Gasteiger charge is -2.35. The molecular formula is C19H22N4O2. The van der Waals surface area contributed by atoms with E-state index in [0.717, 1.165) is 43.3 Å². The maximum Gasteiger partial charge on any atom is 0.234 e. The van der Waals surface area contributed by atoms with Gasteiger partial charge in [-0.15, -0.1) is 0 Å². The van der Waals surface area contributed by atoms with E-state index in [0.29, 0.717) is 13.2 Å². The molecule has 1 atom stereocenters. The van der Waals surface area contributed by atoms with E-state index in [1.807, 2.05) is 48.7 Å². The minimum atomic E-state index is -0.0430. The van der Waals surface area contributed by atoms with Gasteiger partial charge in [0.25, 0.3) is 0 Å². The van der Waals surface area contributed by atoms with Crippen LogP contribution in [0, 0.1) is 0 Å². The predicted octanol–water partition coefficient (Wildman–Crippen LogP) is 1.45. The van der Waals surface area contributed by atoms with Crippen LogP contribution in [0.5, 0.6) is 5.75 Å². The number of hydrogen-bond acceptors (Lipinski definition) is 5. The highest BCUT2D eigenvalue weighted by Gasteiger charge is 2.26. The van der Waals surface area contributed by atoms with Crippen molar-refractivity contribution in [2.45, 2.75) is 6.04 Å². The largest absolute Gasteiger partial charge is 0.491 e. The number of para-hydroxylation sites is 1. The van der Waals surface area contributed by atoms with Gasteiger partial charge in [-0.25, -0.2) is 4.98 Å². The molecule has 2 aromatic rings. The van der Waals surface area contributed by atoms with Crippen LogP contribution in [0.25, 0.3) is 0 Å². The van der Waals surface area contributed by atoms with Gasteiger partial charge in [0.05, 0.1) is 12.6 Å². The van der Waals surface area contributed by atoms with Crippen LogP contribution < -0.4 is 15.0 Å². The number of fused-ring (bicyclic) bond motifs is 1. The van der Waals surface area contributed by atoms with Crippen molar-refractivity contribution in [3.8, 4) is 5.75 Å². The molecule has 1 saturated heterocycles. The highest BCUT2D eigenvalue weighted by atomic mass is 16.5. The third-order valence-corrected chi connectivity index (χ3v) is 4.75. The fraction of sp³-hybridized carbons (Fsp3) is 0.368. The van der Waals surface area contributed by atoms with E-state index < -0.39 is 0 Å². The molecule has 0 radical (unpaired) electrons. The van der Waals surface area contributed by atoms with E-state index >= 15 is 0 Å². The van der Waals surface area contributed by atoms with Gasteiger partial charge >= 0.3 is 0 Å². The van der Waals surface area contributed by atoms with Crippen LogP contribution in [0.2, 0.25) is 0 Å². The predicted molar refractivity (Wildman–Crippen MR) is 95.7 cm³/mol. The van der Waals surface area contributed by atoms with Gasteiger partial charge in [0, 0.05) is 37.9 Å². The summed E-state index contributed by atoms with van der Waals surface area (Å²) in [5.74, 6) is 1.93. The average Bonchev–Trinajstić information content (AvgIpc) is 3.06. The Kier molecular flexibility index (Phi) is 4.52. The summed E-state index contributed by atoms with van der Waals surface area (Å²) in [5, 5.41) is 3.09. The van der Waals surface area contributed by atoms with Crippen molar-refractivity contribution in [3.63, 3.8) is 0 Å². The molecule has 1 aromatic heterocycles. The first-order valence-electron chi connectivity index (χ1n) is 8.69. The summed E-state index contributed by atoms with van der Waals surface area (Å²) in [6, 6.07) is 13.8. The number of benzene rings is 1. The molecule has 6 heteroatoms. The Bertz CT molecular complexity index is 729. The van der Waals surface area contributed by atoms with Crippen LogP contribution >= 0.6 is 0 Å². The Hall–Kier alpha value is -2.60. The number of aromatic nitrogens is 1. The van der Waals surface area contributed by atoms with E-state index in [1.54, 1.807) is 0 Å². The highest BCUT2D eigenvalue weighted by molar-refractivity contribution is 5.78. The number of nitrogens with one attached hydrogen (secondary N) is 1. The zero-order valence-corrected chi connectivity index (χ0v) is 14.1. The summed E-state index contributed by atoms with van der Waals surface area (Å²) >= 11 is 0. The zero-order chi connectivity index (χ0) is 17.1. The third kappa shape index (κ3) is 3.58. The molecule has 0 aliphatic carbocycles. The fourth-order valence-corrected chi connectivity index (χ4v) is 3.40. The molecule has 130 valence electrons. The summed E-state index contributed by atoms with van der Waals surface area (Å²) < 4.78 is 5.62. The Morgan fingerprint density at radius 2 is 1.92 bits per heavy atom. The molecule has 0 saturated carbocycles. The van der Waals surface area contributed by atoms with Crippen molar-refractivity contribution in [2.24, 2.45) is 0 Å². The van der Waals surface area contributed by atoms with Gasteiger partial charge in [-0.3, -0.25) is 9.69 Å². The number of nitrogens with zero attached hydrogens (tertiary/aromatic N) is 3. The molecule has 0 spiro atoms. The summed E-state index contributed by atoms with van der Waals surface area (Å²) in [4.78, 5) is 21.2. The van der Waals surface area contributed by atoms with E-state index in [4.69, 9.17) is 4.74 Å². The minimum Gasteiger partial charge on any atom is -0.491 e. The maximum atomic E-state index is 12.4. The van der Waals surface area contributed by atoms with E-state index in [-0.39, 0.29) is 11.9 Å². The SMILES string of the molecule is O=C(CN1CCN(c2ccccn2)CC1)N[C@H]1COc2ccccc21. The molecule has 0 unspecified atom stereocenters. The number of ether oxygens (including phenoxy) is 1. The highest BCUT2D eigenvalue weighted by Crippen LogP contribution is 2.31. The first-order valence-corrected chi connectivity index (χ1v) is 8.69. The molecule has 0 bridgehead atoms. The molecule has 1 fully saturated rings. The summed E-state index contributed by atoms with van der Waals surface area (Å²) in [6.07, 6.45) is 1.82. The number of carbonyl (C=O) groups excluding carboxylic acids is 1. The first-order chi connectivity index (χ1) is 12.3. The lowest BCUT2D eigenvalue weighted by molar-refractivity contribution is -0.123. The van der Waals surface area contributed by atoms with Gasteiger partial charge in [0.15, 0.2) is 0 Å². The van der Waals surface area contributed by atoms with Crippen molar-refractivity contribution in [3.05, 3.63) is 54.2 Å². The van der Waals surface area contributed by atoms with Crippen molar-refractivity contribution >= 4 is 11.7 Å². The van der Waals surface area contributed by atoms with Crippen molar-refractivity contribution in [1.82, 2.24) is 15.2 Å². The van der Waals surface area contributed by atoms with Crippen LogP contribution in [-0.2, 0) is 4.79 Å². The lowest BCUT2D eigenvalue weighted by atomic mass is 10.1. The average molecular weight is 338 g/mol. The molecule has 6 nitrogen and oxygen atoms in total. The van der Waals surface area contributed by atoms with Gasteiger partial charge in [0.2, 0.25) is 5.91 Å². The van der Waals surface area contributed by atoms with Crippen LogP contribution in [0.3, 0.4) is 0 Å². The molecule has 3 heterocycles. The van der Waals surface area contributed by atoms with E-state index in [9.17, 15) is 4.79 Å². The Morgan fingerprint density at radius 1 is 1.12 bits per heavy atom. The number of anilines is 1. The number of carbonyl (C=O) groups is 1. The van der Waals surface area contributed by atoms with Gasteiger partial charge in [-0.1, -0.05) is 24.3 Å². The molecular weight excluding hydrogens is 316 g/mol. The monoisotopic (exact) mass is 338 g/mol. The van der Waals surface area contributed by atoms with Crippen LogP contribution in [0.4, 0.5) is 5.82 Å². The van der Waals surface area contributed by atoms with Gasteiger partial charge in [0.1, 0.15) is 18.2 Å². The Morgan fingerprint density at radius 3 is 2.72 bits per heavy atom. The van der Waals surface area contributed by atoms with Crippen molar-refractivity contribution in [2.75, 3.05) is 44.2 Å². The van der Waals surface area contributed by atoms with Crippen molar-refractivity contribution < 1.29 is 9.53 Å². The maximum absolute atomic E-state index is 12.4. The Balaban J connectivity index is 1.27. The van der Waals surface area contributed by atoms with E-state index in [1.165, 1.54) is 0 Å². The second kappa shape index (κ2) is 7.11. The number of hydrogen-bond donors (Lipinski definition) is 1. The molecule has 2 aliphatic heterocycles. The lowest BCUT2D eigenvalue weighted by Crippen LogP contribution is -2.50. The fourth-order valence-electron chi connectivity index (χ4n) is 3.40. The van der Waals surface area contributed by atoms with Crippen LogP contribution in [0.1, 0.15) is 11.6 Å². The van der Waals surface area contributed by atoms with Gasteiger partial charge in [-0.2, -0.15) is 0 Å². The molecule has 1 amide bonds. The zero-order valence-electron chi connectivity index (χ0n) is 14.1. The standard InChI is InChI=1S/C19H22N4O2/c24-19(21-16-14-25-17-6-2-1-5-15(16)17)13-22-9-11-23(12-10-22)18-7-3-4-8-20-18/h1-8,16H,9-14H2,(H,21,24)/t16-/m0/s1. The molecule has 4 rings (SSSR count). The summed E-state index contributed by atoms with van der Waals surface area (Å²) in [5.41, 5.74) is 1.07. The van der Waals surface area contributed by atoms with Gasteiger partial charge < -0.3 is 15.0 Å². The summed E-state index contributed by atoms with van der Waals surface area (Å²) in [6.45, 7) is 4.44. The normalized spacial score (nSPS) is 20.0. The number of pyridine rings is 1. The number of amides is 1. The molecule has 25 heavy (non-hydrogen) atoms. The Labute approximate surface area is 147 Å². The minimum absolute atomic E-state index is 0.0430. The molecule has 1 N–H and O–H groups in total. The smallest absolute Gasteiger partial charge is 0.234 e. The second-order valence-corrected chi connectivity index (χ2v) is 6.42. The third-order valence-electron chi connectivity index (χ3n) is 4.75. The molecule has 2 aliphatic rings. The quantitative estimate of drug-likeness (QED) is 0.914. The van der Waals surface area contributed by atoms with Crippen molar-refractivity contribution in [1.29, 1.82) is 0 Å². The summed E-state index contributed by atoms with van der Waals surface area (Å²) in [7, 11) is 0. The number of rotatable bonds is 4. The van der Waals surface area contributed by atoms with Crippen LogP contribution in [0.15, 0.2) is 48.7 Å². The number of piperazine rings is 1. The topological polar surface area (TPSA) is 57.7 Å². The first kappa shape index (κ1) is 15.9. The molecule has 1 aromatic carbocycles. The van der Waals surface area contributed by atoms with E-state index in [2.05, 4.69) is 20.1 Å².